The molecule has 2 atom stereocenters. The Balaban J connectivity index is 2.46. The molecule has 0 saturated heterocycles. The lowest BCUT2D eigenvalue weighted by molar-refractivity contribution is 0.190. The largest absolute Gasteiger partial charge is 0.389 e. The van der Waals surface area contributed by atoms with Gasteiger partial charge in [-0.3, -0.25) is 0 Å². The van der Waals surface area contributed by atoms with E-state index in [1.165, 1.54) is 0 Å². The fraction of sp³-hybridized carbons (Fsp3) is 0.500. The highest BCUT2D eigenvalue weighted by molar-refractivity contribution is 5.00. The Hall–Kier alpha value is -0.560. The first-order valence-corrected chi connectivity index (χ1v) is 3.30. The summed E-state index contributed by atoms with van der Waals surface area (Å²) in [7, 11) is 0. The molecule has 0 aromatic carbocycles. The first-order valence-electron chi connectivity index (χ1n) is 3.30. The lowest BCUT2D eigenvalue weighted by Gasteiger charge is -2.17. The summed E-state index contributed by atoms with van der Waals surface area (Å²) in [6.45, 7) is 3.67. The van der Waals surface area contributed by atoms with Crippen LogP contribution in [0.15, 0.2) is 24.8 Å². The van der Waals surface area contributed by atoms with Crippen LogP contribution in [0.4, 0.5) is 0 Å². The van der Waals surface area contributed by atoms with Crippen molar-refractivity contribution >= 4 is 0 Å². The fourth-order valence-corrected chi connectivity index (χ4v) is 1.09. The van der Waals surface area contributed by atoms with Crippen LogP contribution in [0.25, 0.3) is 0 Å². The minimum absolute atomic E-state index is 0.234. The van der Waals surface area contributed by atoms with Crippen molar-refractivity contribution in [1.29, 1.82) is 0 Å². The SMILES string of the molecule is C=C[C@@H]1CC=C[C@@H](O)C1. The lowest BCUT2D eigenvalue weighted by Crippen LogP contribution is -2.12. The molecule has 0 bridgehead atoms. The van der Waals surface area contributed by atoms with Gasteiger partial charge in [0.15, 0.2) is 0 Å². The van der Waals surface area contributed by atoms with Crippen LogP contribution in [0, 0.1) is 5.92 Å². The van der Waals surface area contributed by atoms with Gasteiger partial charge in [-0.1, -0.05) is 18.2 Å². The smallest absolute Gasteiger partial charge is 0.0726 e. The van der Waals surface area contributed by atoms with Gasteiger partial charge in [0, 0.05) is 0 Å². The molecule has 9 heavy (non-hydrogen) atoms. The third-order valence-corrected chi connectivity index (χ3v) is 1.67. The van der Waals surface area contributed by atoms with Gasteiger partial charge >= 0.3 is 0 Å². The molecule has 0 fully saturated rings. The van der Waals surface area contributed by atoms with Gasteiger partial charge in [-0.2, -0.15) is 0 Å². The molecule has 0 spiro atoms. The number of hydrogen-bond donors (Lipinski definition) is 1. The van der Waals surface area contributed by atoms with E-state index in [0.717, 1.165) is 12.8 Å². The maximum absolute atomic E-state index is 9.08. The molecule has 0 amide bonds. The van der Waals surface area contributed by atoms with Crippen molar-refractivity contribution in [1.82, 2.24) is 0 Å². The maximum Gasteiger partial charge on any atom is 0.0726 e. The van der Waals surface area contributed by atoms with Gasteiger partial charge in [0.1, 0.15) is 0 Å². The molecule has 0 unspecified atom stereocenters. The number of aliphatic hydroxyl groups excluding tert-OH is 1. The Labute approximate surface area is 55.7 Å². The van der Waals surface area contributed by atoms with Crippen molar-refractivity contribution in [2.75, 3.05) is 0 Å². The quantitative estimate of drug-likeness (QED) is 0.525. The molecule has 1 heteroatoms. The van der Waals surface area contributed by atoms with E-state index in [0.29, 0.717) is 5.92 Å². The Morgan fingerprint density at radius 3 is 2.89 bits per heavy atom. The third-order valence-electron chi connectivity index (χ3n) is 1.67. The monoisotopic (exact) mass is 124 g/mol. The van der Waals surface area contributed by atoms with Gasteiger partial charge in [-0.15, -0.1) is 6.58 Å². The van der Waals surface area contributed by atoms with Crippen molar-refractivity contribution in [3.05, 3.63) is 24.8 Å². The van der Waals surface area contributed by atoms with E-state index < -0.39 is 0 Å². The average Bonchev–Trinajstić information content (AvgIpc) is 1.88. The second kappa shape index (κ2) is 2.83. The fourth-order valence-electron chi connectivity index (χ4n) is 1.09. The first kappa shape index (κ1) is 6.56. The highest BCUT2D eigenvalue weighted by atomic mass is 16.3. The van der Waals surface area contributed by atoms with Gasteiger partial charge < -0.3 is 5.11 Å². The molecule has 0 radical (unpaired) electrons. The van der Waals surface area contributed by atoms with E-state index in [1.807, 2.05) is 18.2 Å². The zero-order valence-corrected chi connectivity index (χ0v) is 5.46. The zero-order valence-electron chi connectivity index (χ0n) is 5.46. The van der Waals surface area contributed by atoms with Crippen LogP contribution in [-0.4, -0.2) is 11.2 Å². The Morgan fingerprint density at radius 1 is 1.67 bits per heavy atom. The molecule has 0 aromatic rings. The summed E-state index contributed by atoms with van der Waals surface area (Å²) in [5.74, 6) is 0.491. The molecule has 1 N–H and O–H groups in total. The molecule has 1 aliphatic carbocycles. The van der Waals surface area contributed by atoms with Gasteiger partial charge in [0.25, 0.3) is 0 Å². The van der Waals surface area contributed by atoms with Gasteiger partial charge in [-0.25, -0.2) is 0 Å². The summed E-state index contributed by atoms with van der Waals surface area (Å²) in [5.41, 5.74) is 0. The predicted molar refractivity (Wildman–Crippen MR) is 38.1 cm³/mol. The summed E-state index contributed by atoms with van der Waals surface area (Å²) in [5, 5.41) is 9.08. The second-order valence-electron chi connectivity index (χ2n) is 2.46. The Kier molecular flexibility index (Phi) is 2.06. The molecule has 1 nitrogen and oxygen atoms in total. The topological polar surface area (TPSA) is 20.2 Å². The molecular formula is C8H12O. The summed E-state index contributed by atoms with van der Waals surface area (Å²) < 4.78 is 0. The summed E-state index contributed by atoms with van der Waals surface area (Å²) in [6, 6.07) is 0. The van der Waals surface area contributed by atoms with E-state index in [2.05, 4.69) is 6.58 Å². The van der Waals surface area contributed by atoms with Crippen molar-refractivity contribution < 1.29 is 5.11 Å². The highest BCUT2D eigenvalue weighted by Crippen LogP contribution is 2.18. The molecule has 0 heterocycles. The molecule has 0 aliphatic heterocycles. The van der Waals surface area contributed by atoms with Gasteiger partial charge in [-0.05, 0) is 18.8 Å². The number of allylic oxidation sites excluding steroid dienone is 2. The number of aliphatic hydroxyl groups is 1. The zero-order chi connectivity index (χ0) is 6.69. The normalized spacial score (nSPS) is 34.3. The Bertz CT molecular complexity index is 127. The van der Waals surface area contributed by atoms with E-state index in [9.17, 15) is 0 Å². The Morgan fingerprint density at radius 2 is 2.44 bits per heavy atom. The van der Waals surface area contributed by atoms with Gasteiger partial charge in [0.05, 0.1) is 6.10 Å². The van der Waals surface area contributed by atoms with Crippen LogP contribution in [0.5, 0.6) is 0 Å². The van der Waals surface area contributed by atoms with E-state index >= 15 is 0 Å². The molecule has 1 rings (SSSR count). The number of rotatable bonds is 1. The minimum atomic E-state index is -0.234. The van der Waals surface area contributed by atoms with Crippen LogP contribution >= 0.6 is 0 Å². The van der Waals surface area contributed by atoms with Crippen LogP contribution in [0.1, 0.15) is 12.8 Å². The van der Waals surface area contributed by atoms with E-state index in [4.69, 9.17) is 5.11 Å². The van der Waals surface area contributed by atoms with Crippen LogP contribution in [0.2, 0.25) is 0 Å². The van der Waals surface area contributed by atoms with Crippen molar-refractivity contribution in [2.45, 2.75) is 18.9 Å². The molecule has 1 aliphatic rings. The highest BCUT2D eigenvalue weighted by Gasteiger charge is 2.11. The van der Waals surface area contributed by atoms with Crippen LogP contribution < -0.4 is 0 Å². The first-order chi connectivity index (χ1) is 4.33. The van der Waals surface area contributed by atoms with Crippen molar-refractivity contribution in [2.24, 2.45) is 5.92 Å². The summed E-state index contributed by atoms with van der Waals surface area (Å²) in [4.78, 5) is 0. The summed E-state index contributed by atoms with van der Waals surface area (Å²) in [6.07, 6.45) is 7.43. The van der Waals surface area contributed by atoms with Crippen LogP contribution in [0.3, 0.4) is 0 Å². The van der Waals surface area contributed by atoms with Gasteiger partial charge in [0.2, 0.25) is 0 Å². The molecule has 0 saturated carbocycles. The molecule has 50 valence electrons. The molecular weight excluding hydrogens is 112 g/mol. The predicted octanol–water partition coefficient (Wildman–Crippen LogP) is 1.50. The van der Waals surface area contributed by atoms with Crippen LogP contribution in [-0.2, 0) is 0 Å². The van der Waals surface area contributed by atoms with E-state index in [1.54, 1.807) is 0 Å². The summed E-state index contributed by atoms with van der Waals surface area (Å²) >= 11 is 0. The third kappa shape index (κ3) is 1.68. The lowest BCUT2D eigenvalue weighted by atomic mass is 9.93. The van der Waals surface area contributed by atoms with E-state index in [-0.39, 0.29) is 6.10 Å². The second-order valence-corrected chi connectivity index (χ2v) is 2.46. The van der Waals surface area contributed by atoms with Crippen molar-refractivity contribution in [3.63, 3.8) is 0 Å². The average molecular weight is 124 g/mol. The minimum Gasteiger partial charge on any atom is -0.389 e. The maximum atomic E-state index is 9.08. The number of hydrogen-bond acceptors (Lipinski definition) is 1. The standard InChI is InChI=1S/C8H12O/c1-2-7-4-3-5-8(9)6-7/h2-3,5,7-9H,1,4,6H2/t7-,8-/m1/s1. The molecule has 0 aromatic heterocycles. The van der Waals surface area contributed by atoms with Crippen molar-refractivity contribution in [3.8, 4) is 0 Å².